The second-order valence-corrected chi connectivity index (χ2v) is 9.21. The van der Waals surface area contributed by atoms with Crippen molar-refractivity contribution in [2.75, 3.05) is 39.3 Å². The van der Waals surface area contributed by atoms with Crippen LogP contribution in [0.5, 0.6) is 11.5 Å². The number of ether oxygens (including phenoxy) is 1. The van der Waals surface area contributed by atoms with E-state index in [2.05, 4.69) is 4.90 Å². The van der Waals surface area contributed by atoms with E-state index >= 15 is 0 Å². The van der Waals surface area contributed by atoms with Crippen LogP contribution in [0.4, 0.5) is 0 Å². The lowest BCUT2D eigenvalue weighted by atomic mass is 10.0. The molecule has 0 bridgehead atoms. The van der Waals surface area contributed by atoms with Gasteiger partial charge in [-0.25, -0.2) is 0 Å². The minimum atomic E-state index is 0.107. The predicted molar refractivity (Wildman–Crippen MR) is 136 cm³/mol. The summed E-state index contributed by atoms with van der Waals surface area (Å²) in [6.45, 7) is 4.78. The van der Waals surface area contributed by atoms with Gasteiger partial charge in [0.15, 0.2) is 0 Å². The first kappa shape index (κ1) is 23.1. The third-order valence-corrected chi connectivity index (χ3v) is 6.88. The molecule has 0 radical (unpaired) electrons. The first-order valence-electron chi connectivity index (χ1n) is 12.3. The number of aryl methyl sites for hydroxylation is 1. The lowest BCUT2D eigenvalue weighted by Gasteiger charge is -2.48. The SMILES string of the molecule is O=C(CCc1ccc(Oc2ccccc2)cc1)N1CC(N2CCN(C(=O)c3ccccc3)CC2)C1. The number of hydrogen-bond acceptors (Lipinski definition) is 4. The van der Waals surface area contributed by atoms with E-state index in [4.69, 9.17) is 4.74 Å². The zero-order valence-electron chi connectivity index (χ0n) is 19.9. The molecule has 35 heavy (non-hydrogen) atoms. The molecule has 2 amide bonds. The molecule has 2 fully saturated rings. The number of likely N-dealkylation sites (tertiary alicyclic amines) is 1. The van der Waals surface area contributed by atoms with Gasteiger partial charge in [-0.05, 0) is 48.4 Å². The highest BCUT2D eigenvalue weighted by atomic mass is 16.5. The molecular formula is C29H31N3O3. The van der Waals surface area contributed by atoms with E-state index in [1.54, 1.807) is 0 Å². The first-order valence-corrected chi connectivity index (χ1v) is 12.3. The van der Waals surface area contributed by atoms with Crippen molar-refractivity contribution in [2.24, 2.45) is 0 Å². The third kappa shape index (κ3) is 5.72. The standard InChI is InChI=1S/C29H31N3O3/c33-28(16-13-23-11-14-27(15-12-23)35-26-9-5-2-6-10-26)32-21-25(22-32)30-17-19-31(20-18-30)29(34)24-7-3-1-4-8-24/h1-12,14-15,25H,13,16-22H2. The second kappa shape index (κ2) is 10.7. The molecule has 5 rings (SSSR count). The van der Waals surface area contributed by atoms with Gasteiger partial charge in [-0.2, -0.15) is 0 Å². The molecular weight excluding hydrogens is 438 g/mol. The molecule has 2 aliphatic heterocycles. The Labute approximate surface area is 206 Å². The van der Waals surface area contributed by atoms with E-state index in [1.165, 1.54) is 0 Å². The molecule has 0 spiro atoms. The maximum atomic E-state index is 12.7. The van der Waals surface area contributed by atoms with Gasteiger partial charge in [-0.1, -0.05) is 48.5 Å². The summed E-state index contributed by atoms with van der Waals surface area (Å²) in [4.78, 5) is 31.6. The van der Waals surface area contributed by atoms with Gasteiger partial charge in [0.25, 0.3) is 5.91 Å². The summed E-state index contributed by atoms with van der Waals surface area (Å²) in [5.74, 6) is 1.92. The van der Waals surface area contributed by atoms with Crippen LogP contribution in [-0.4, -0.2) is 71.8 Å². The zero-order chi connectivity index (χ0) is 24.0. The Morgan fingerprint density at radius 1 is 0.714 bits per heavy atom. The van der Waals surface area contributed by atoms with Crippen LogP contribution in [0.25, 0.3) is 0 Å². The summed E-state index contributed by atoms with van der Waals surface area (Å²) >= 11 is 0. The van der Waals surface area contributed by atoms with Gasteiger partial charge in [0.2, 0.25) is 5.91 Å². The maximum absolute atomic E-state index is 12.7. The van der Waals surface area contributed by atoms with Crippen molar-refractivity contribution in [2.45, 2.75) is 18.9 Å². The van der Waals surface area contributed by atoms with E-state index in [0.29, 0.717) is 12.5 Å². The summed E-state index contributed by atoms with van der Waals surface area (Å²) in [6.07, 6.45) is 1.25. The summed E-state index contributed by atoms with van der Waals surface area (Å²) in [5.41, 5.74) is 1.88. The average molecular weight is 470 g/mol. The van der Waals surface area contributed by atoms with Crippen LogP contribution in [0.1, 0.15) is 22.3 Å². The van der Waals surface area contributed by atoms with Crippen LogP contribution in [-0.2, 0) is 11.2 Å². The Kier molecular flexibility index (Phi) is 7.09. The molecule has 2 heterocycles. The number of hydrogen-bond donors (Lipinski definition) is 0. The largest absolute Gasteiger partial charge is 0.457 e. The molecule has 0 aromatic heterocycles. The van der Waals surface area contributed by atoms with Crippen LogP contribution in [0, 0.1) is 0 Å². The highest BCUT2D eigenvalue weighted by Crippen LogP contribution is 2.23. The fraction of sp³-hybridized carbons (Fsp3) is 0.310. The van der Waals surface area contributed by atoms with Crippen LogP contribution >= 0.6 is 0 Å². The van der Waals surface area contributed by atoms with Gasteiger partial charge in [0.05, 0.1) is 0 Å². The molecule has 6 nitrogen and oxygen atoms in total. The van der Waals surface area contributed by atoms with Gasteiger partial charge < -0.3 is 14.5 Å². The van der Waals surface area contributed by atoms with E-state index in [-0.39, 0.29) is 11.8 Å². The monoisotopic (exact) mass is 469 g/mol. The molecule has 0 atom stereocenters. The Bertz CT molecular complexity index is 1120. The van der Waals surface area contributed by atoms with Gasteiger partial charge in [-0.3, -0.25) is 14.5 Å². The van der Waals surface area contributed by atoms with Crippen molar-refractivity contribution >= 4 is 11.8 Å². The lowest BCUT2D eigenvalue weighted by Crippen LogP contribution is -2.64. The summed E-state index contributed by atoms with van der Waals surface area (Å²) in [7, 11) is 0. The highest BCUT2D eigenvalue weighted by molar-refractivity contribution is 5.94. The van der Waals surface area contributed by atoms with Gasteiger partial charge >= 0.3 is 0 Å². The van der Waals surface area contributed by atoms with Crippen molar-refractivity contribution < 1.29 is 14.3 Å². The van der Waals surface area contributed by atoms with E-state index < -0.39 is 0 Å². The molecule has 0 saturated carbocycles. The molecule has 2 saturated heterocycles. The summed E-state index contributed by atoms with van der Waals surface area (Å²) < 4.78 is 5.83. The molecule has 3 aromatic carbocycles. The predicted octanol–water partition coefficient (Wildman–Crippen LogP) is 4.08. The summed E-state index contributed by atoms with van der Waals surface area (Å²) in [6, 6.07) is 27.6. The van der Waals surface area contributed by atoms with Crippen LogP contribution < -0.4 is 4.74 Å². The molecule has 6 heteroatoms. The Hall–Kier alpha value is -3.64. The molecule has 180 valence electrons. The molecule has 0 aliphatic carbocycles. The van der Waals surface area contributed by atoms with Crippen LogP contribution in [0.3, 0.4) is 0 Å². The fourth-order valence-electron chi connectivity index (χ4n) is 4.70. The number of carbonyl (C=O) groups is 2. The van der Waals surface area contributed by atoms with Crippen molar-refractivity contribution in [3.63, 3.8) is 0 Å². The van der Waals surface area contributed by atoms with Crippen molar-refractivity contribution in [1.82, 2.24) is 14.7 Å². The molecule has 2 aliphatic rings. The highest BCUT2D eigenvalue weighted by Gasteiger charge is 2.36. The smallest absolute Gasteiger partial charge is 0.253 e. The average Bonchev–Trinajstić information content (AvgIpc) is 2.88. The summed E-state index contributed by atoms with van der Waals surface area (Å²) in [5, 5.41) is 0. The fourth-order valence-corrected chi connectivity index (χ4v) is 4.70. The van der Waals surface area contributed by atoms with Gasteiger partial charge in [-0.15, -0.1) is 0 Å². The maximum Gasteiger partial charge on any atom is 0.253 e. The van der Waals surface area contributed by atoms with Gasteiger partial charge in [0.1, 0.15) is 11.5 Å². The topological polar surface area (TPSA) is 53.1 Å². The van der Waals surface area contributed by atoms with Crippen molar-refractivity contribution in [3.05, 3.63) is 96.1 Å². The number of piperazine rings is 1. The quantitative estimate of drug-likeness (QED) is 0.523. The third-order valence-electron chi connectivity index (χ3n) is 6.88. The number of rotatable bonds is 7. The number of benzene rings is 3. The van der Waals surface area contributed by atoms with E-state index in [9.17, 15) is 9.59 Å². The number of para-hydroxylation sites is 1. The molecule has 0 N–H and O–H groups in total. The Balaban J connectivity index is 1.02. The molecule has 3 aromatic rings. The van der Waals surface area contributed by atoms with E-state index in [1.807, 2.05) is 94.7 Å². The van der Waals surface area contributed by atoms with Crippen LogP contribution in [0.2, 0.25) is 0 Å². The first-order chi connectivity index (χ1) is 17.2. The van der Waals surface area contributed by atoms with Crippen LogP contribution in [0.15, 0.2) is 84.9 Å². The molecule has 0 unspecified atom stereocenters. The van der Waals surface area contributed by atoms with Crippen molar-refractivity contribution in [3.8, 4) is 11.5 Å². The number of amides is 2. The minimum absolute atomic E-state index is 0.107. The lowest BCUT2D eigenvalue weighted by molar-refractivity contribution is -0.139. The van der Waals surface area contributed by atoms with E-state index in [0.717, 1.165) is 68.3 Å². The zero-order valence-corrected chi connectivity index (χ0v) is 19.9. The normalized spacial score (nSPS) is 16.6. The Morgan fingerprint density at radius 2 is 1.31 bits per heavy atom. The Morgan fingerprint density at radius 3 is 1.97 bits per heavy atom. The van der Waals surface area contributed by atoms with Gasteiger partial charge in [0, 0.05) is 57.3 Å². The minimum Gasteiger partial charge on any atom is -0.457 e. The number of nitrogens with zero attached hydrogens (tertiary/aromatic N) is 3. The van der Waals surface area contributed by atoms with Crippen molar-refractivity contribution in [1.29, 1.82) is 0 Å². The second-order valence-electron chi connectivity index (χ2n) is 9.21. The number of carbonyl (C=O) groups excluding carboxylic acids is 2.